The molecule has 0 bridgehead atoms. The highest BCUT2D eigenvalue weighted by molar-refractivity contribution is 5.92. The Balaban J connectivity index is 1.56. The zero-order valence-corrected chi connectivity index (χ0v) is 18.6. The summed E-state index contributed by atoms with van der Waals surface area (Å²) in [6.45, 7) is 1.81. The topological polar surface area (TPSA) is 125 Å². The average Bonchev–Trinajstić information content (AvgIpc) is 2.80. The highest BCUT2D eigenvalue weighted by atomic mass is 16.5. The number of pyridine rings is 1. The van der Waals surface area contributed by atoms with Crippen LogP contribution in [0.1, 0.15) is 17.5 Å². The van der Waals surface area contributed by atoms with Gasteiger partial charge in [0.25, 0.3) is 5.56 Å². The van der Waals surface area contributed by atoms with E-state index in [2.05, 4.69) is 10.3 Å². The lowest BCUT2D eigenvalue weighted by atomic mass is 10.0. The van der Waals surface area contributed by atoms with Crippen LogP contribution in [-0.4, -0.2) is 27.1 Å². The van der Waals surface area contributed by atoms with Gasteiger partial charge < -0.3 is 14.5 Å². The summed E-state index contributed by atoms with van der Waals surface area (Å²) in [5, 5.41) is 3.67. The molecule has 10 heteroatoms. The van der Waals surface area contributed by atoms with Crippen molar-refractivity contribution in [3.63, 3.8) is 0 Å². The van der Waals surface area contributed by atoms with E-state index in [1.807, 2.05) is 13.0 Å². The highest BCUT2D eigenvalue weighted by Crippen LogP contribution is 2.24. The van der Waals surface area contributed by atoms with Crippen molar-refractivity contribution in [1.29, 1.82) is 0 Å². The lowest BCUT2D eigenvalue weighted by Gasteiger charge is -2.10. The van der Waals surface area contributed by atoms with Crippen LogP contribution in [-0.2, 0) is 25.3 Å². The van der Waals surface area contributed by atoms with Gasteiger partial charge in [0.1, 0.15) is 17.0 Å². The molecule has 170 valence electrons. The normalized spacial score (nSPS) is 11.2. The van der Waals surface area contributed by atoms with Gasteiger partial charge in [-0.25, -0.2) is 14.6 Å². The molecule has 3 aromatic heterocycles. The number of benzene rings is 1. The Bertz CT molecular complexity index is 1600. The van der Waals surface area contributed by atoms with E-state index in [0.717, 1.165) is 15.5 Å². The number of carbonyl (C=O) groups is 1. The number of methoxy groups -OCH3 is 1. The number of hydrogen-bond acceptors (Lipinski definition) is 7. The minimum Gasteiger partial charge on any atom is -0.497 e. The third-order valence-electron chi connectivity index (χ3n) is 5.67. The quantitative estimate of drug-likeness (QED) is 0.458. The summed E-state index contributed by atoms with van der Waals surface area (Å²) in [5.74, 6) is 0.225. The largest absolute Gasteiger partial charge is 0.497 e. The van der Waals surface area contributed by atoms with Crippen molar-refractivity contribution >= 4 is 33.6 Å². The first-order valence-corrected chi connectivity index (χ1v) is 10.2. The van der Waals surface area contributed by atoms with Crippen LogP contribution in [0.5, 0.6) is 5.75 Å². The molecule has 0 aliphatic rings. The predicted molar refractivity (Wildman–Crippen MR) is 123 cm³/mol. The summed E-state index contributed by atoms with van der Waals surface area (Å²) in [5.41, 5.74) is 0.634. The molecule has 0 aliphatic carbocycles. The summed E-state index contributed by atoms with van der Waals surface area (Å²) >= 11 is 0. The lowest BCUT2D eigenvalue weighted by Crippen LogP contribution is -2.37. The van der Waals surface area contributed by atoms with Gasteiger partial charge in [0.05, 0.1) is 24.4 Å². The molecule has 4 rings (SSSR count). The number of hydrogen-bond donors (Lipinski definition) is 1. The van der Waals surface area contributed by atoms with Crippen LogP contribution in [0.25, 0.3) is 22.0 Å². The van der Waals surface area contributed by atoms with Gasteiger partial charge in [-0.3, -0.25) is 18.7 Å². The molecule has 10 nitrogen and oxygen atoms in total. The third kappa shape index (κ3) is 3.91. The first-order chi connectivity index (χ1) is 15.7. The summed E-state index contributed by atoms with van der Waals surface area (Å²) in [7, 11) is 4.43. The molecule has 1 aromatic carbocycles. The maximum absolute atomic E-state index is 12.5. The Kier molecular flexibility index (Phi) is 5.59. The van der Waals surface area contributed by atoms with Crippen LogP contribution < -0.4 is 26.9 Å². The number of fused-ring (bicyclic) bond motifs is 2. The summed E-state index contributed by atoms with van der Waals surface area (Å²) in [6, 6.07) is 6.71. The minimum atomic E-state index is -0.502. The molecule has 0 aliphatic heterocycles. The number of nitrogens with zero attached hydrogens (tertiary/aromatic N) is 3. The van der Waals surface area contributed by atoms with Gasteiger partial charge in [0, 0.05) is 37.5 Å². The van der Waals surface area contributed by atoms with Crippen LogP contribution in [0.2, 0.25) is 0 Å². The number of amides is 1. The van der Waals surface area contributed by atoms with Gasteiger partial charge in [0.15, 0.2) is 0 Å². The number of ether oxygens (including phenoxy) is 1. The van der Waals surface area contributed by atoms with Crippen LogP contribution in [0.15, 0.2) is 49.3 Å². The van der Waals surface area contributed by atoms with Crippen molar-refractivity contribution in [1.82, 2.24) is 14.1 Å². The standard InChI is InChI=1S/C23H22N4O6/c1-12-15-6-5-14(32-4)10-18(15)33-22(30)16(12)7-8-19(28)25-13-9-17-20(24-11-13)26(2)23(31)27(3)21(17)29/h5-6,9-11H,7-8H2,1-4H3,(H,25,28). The molecule has 1 N–H and O–H groups in total. The molecule has 0 saturated heterocycles. The van der Waals surface area contributed by atoms with Gasteiger partial charge >= 0.3 is 11.3 Å². The van der Waals surface area contributed by atoms with Crippen molar-refractivity contribution in [2.45, 2.75) is 19.8 Å². The fraction of sp³-hybridized carbons (Fsp3) is 0.261. The fourth-order valence-electron chi connectivity index (χ4n) is 3.79. The molecule has 0 fully saturated rings. The van der Waals surface area contributed by atoms with Crippen LogP contribution in [0.4, 0.5) is 5.69 Å². The van der Waals surface area contributed by atoms with Crippen LogP contribution >= 0.6 is 0 Å². The van der Waals surface area contributed by atoms with E-state index in [0.29, 0.717) is 22.6 Å². The highest BCUT2D eigenvalue weighted by Gasteiger charge is 2.15. The number of rotatable bonds is 5. The molecule has 0 unspecified atom stereocenters. The van der Waals surface area contributed by atoms with E-state index in [1.165, 1.54) is 38.0 Å². The Morgan fingerprint density at radius 2 is 1.88 bits per heavy atom. The van der Waals surface area contributed by atoms with Crippen LogP contribution in [0.3, 0.4) is 0 Å². The number of aryl methyl sites for hydroxylation is 2. The number of carbonyl (C=O) groups excluding carboxylic acids is 1. The molecule has 4 aromatic rings. The number of nitrogens with one attached hydrogen (secondary N) is 1. The molecular formula is C23H22N4O6. The van der Waals surface area contributed by atoms with Crippen molar-refractivity contribution in [2.24, 2.45) is 14.1 Å². The molecule has 33 heavy (non-hydrogen) atoms. The Morgan fingerprint density at radius 3 is 2.61 bits per heavy atom. The number of anilines is 1. The molecule has 1 amide bonds. The average molecular weight is 450 g/mol. The van der Waals surface area contributed by atoms with Crippen molar-refractivity contribution in [3.05, 3.63) is 72.8 Å². The second-order valence-corrected chi connectivity index (χ2v) is 7.70. The number of aromatic nitrogens is 3. The van der Waals surface area contributed by atoms with E-state index in [-0.39, 0.29) is 29.8 Å². The smallest absolute Gasteiger partial charge is 0.339 e. The van der Waals surface area contributed by atoms with Crippen molar-refractivity contribution < 1.29 is 13.9 Å². The van der Waals surface area contributed by atoms with Crippen LogP contribution in [0, 0.1) is 6.92 Å². The maximum atomic E-state index is 12.5. The van der Waals surface area contributed by atoms with E-state index in [1.54, 1.807) is 12.1 Å². The lowest BCUT2D eigenvalue weighted by molar-refractivity contribution is -0.116. The minimum absolute atomic E-state index is 0.0244. The Hall–Kier alpha value is -4.21. The Labute approximate surface area is 187 Å². The third-order valence-corrected chi connectivity index (χ3v) is 5.67. The van der Waals surface area contributed by atoms with Crippen molar-refractivity contribution in [2.75, 3.05) is 12.4 Å². The first-order valence-electron chi connectivity index (χ1n) is 10.2. The Morgan fingerprint density at radius 1 is 1.12 bits per heavy atom. The second kappa shape index (κ2) is 8.38. The van der Waals surface area contributed by atoms with Gasteiger partial charge in [0.2, 0.25) is 5.91 Å². The maximum Gasteiger partial charge on any atom is 0.339 e. The fourth-order valence-corrected chi connectivity index (χ4v) is 3.79. The van der Waals surface area contributed by atoms with Gasteiger partial charge in [-0.15, -0.1) is 0 Å². The zero-order chi connectivity index (χ0) is 23.9. The van der Waals surface area contributed by atoms with E-state index in [9.17, 15) is 19.2 Å². The molecule has 0 saturated carbocycles. The van der Waals surface area contributed by atoms with Gasteiger partial charge in [-0.2, -0.15) is 0 Å². The summed E-state index contributed by atoms with van der Waals surface area (Å²) in [4.78, 5) is 53.6. The van der Waals surface area contributed by atoms with Crippen molar-refractivity contribution in [3.8, 4) is 5.75 Å². The SMILES string of the molecule is COc1ccc2c(C)c(CCC(=O)Nc3cnc4c(c3)c(=O)n(C)c(=O)n4C)c(=O)oc2c1. The zero-order valence-electron chi connectivity index (χ0n) is 18.6. The monoisotopic (exact) mass is 450 g/mol. The first kappa shape index (κ1) is 22.0. The predicted octanol–water partition coefficient (Wildman–Crippen LogP) is 1.63. The molecule has 0 atom stereocenters. The van der Waals surface area contributed by atoms with Gasteiger partial charge in [-0.1, -0.05) is 0 Å². The molecule has 0 spiro atoms. The van der Waals surface area contributed by atoms with Gasteiger partial charge in [-0.05, 0) is 37.1 Å². The van der Waals surface area contributed by atoms with E-state index >= 15 is 0 Å². The van der Waals surface area contributed by atoms with E-state index in [4.69, 9.17) is 9.15 Å². The second-order valence-electron chi connectivity index (χ2n) is 7.70. The molecule has 0 radical (unpaired) electrons. The summed E-state index contributed by atoms with van der Waals surface area (Å²) in [6.07, 6.45) is 1.58. The van der Waals surface area contributed by atoms with E-state index < -0.39 is 16.9 Å². The molecular weight excluding hydrogens is 428 g/mol. The molecule has 3 heterocycles. The summed E-state index contributed by atoms with van der Waals surface area (Å²) < 4.78 is 12.8.